The third kappa shape index (κ3) is 3.58. The molecule has 0 unspecified atom stereocenters. The second-order valence-corrected chi connectivity index (χ2v) is 4.98. The van der Waals surface area contributed by atoms with Gasteiger partial charge in [0.25, 0.3) is 0 Å². The maximum absolute atomic E-state index is 12.1. The van der Waals surface area contributed by atoms with Crippen molar-refractivity contribution in [3.8, 4) is 11.8 Å². The fraction of sp³-hybridized carbons (Fsp3) is 0.235. The first-order valence-corrected chi connectivity index (χ1v) is 6.93. The highest BCUT2D eigenvalue weighted by Crippen LogP contribution is 2.27. The van der Waals surface area contributed by atoms with Gasteiger partial charge in [-0.3, -0.25) is 14.9 Å². The second-order valence-electron chi connectivity index (χ2n) is 4.98. The normalized spacial score (nSPS) is 10.0. The summed E-state index contributed by atoms with van der Waals surface area (Å²) < 4.78 is 10.4. The monoisotopic (exact) mass is 312 g/mol. The van der Waals surface area contributed by atoms with E-state index < -0.39 is 0 Å². The molecule has 1 heterocycles. The molecule has 0 spiro atoms. The van der Waals surface area contributed by atoms with Gasteiger partial charge in [-0.25, -0.2) is 0 Å². The van der Waals surface area contributed by atoms with Crippen LogP contribution in [0.25, 0.3) is 0 Å². The number of hydrogen-bond donors (Lipinski definition) is 1. The van der Waals surface area contributed by atoms with Gasteiger partial charge < -0.3 is 9.15 Å². The molecule has 1 aromatic carbocycles. The molecule has 0 atom stereocenters. The Morgan fingerprint density at radius 1 is 1.30 bits per heavy atom. The van der Waals surface area contributed by atoms with E-state index in [0.29, 0.717) is 11.5 Å². The van der Waals surface area contributed by atoms with Crippen molar-refractivity contribution in [2.45, 2.75) is 20.3 Å². The van der Waals surface area contributed by atoms with E-state index in [0.717, 1.165) is 5.56 Å². The standard InChI is InChI=1S/C17H16N2O4/c1-10(20)16-11(2)23-17(14(16)9-18)19-15(21)8-12-4-6-13(22-3)7-5-12/h4-7H,8H2,1-3H3,(H,19,21). The highest BCUT2D eigenvalue weighted by Gasteiger charge is 2.22. The topological polar surface area (TPSA) is 92.3 Å². The van der Waals surface area contributed by atoms with Crippen molar-refractivity contribution in [2.24, 2.45) is 0 Å². The number of Topliss-reactive ketones (excluding diaryl/α,β-unsaturated/α-hetero) is 1. The van der Waals surface area contributed by atoms with E-state index in [1.807, 2.05) is 6.07 Å². The van der Waals surface area contributed by atoms with Crippen LogP contribution in [0.4, 0.5) is 5.88 Å². The zero-order valence-electron chi connectivity index (χ0n) is 13.1. The molecule has 118 valence electrons. The lowest BCUT2D eigenvalue weighted by molar-refractivity contribution is -0.115. The molecule has 1 N–H and O–H groups in total. The summed E-state index contributed by atoms with van der Waals surface area (Å²) in [6.45, 7) is 2.93. The molecule has 0 radical (unpaired) electrons. The molecular formula is C17H16N2O4. The maximum atomic E-state index is 12.1. The van der Waals surface area contributed by atoms with Crippen LogP contribution >= 0.6 is 0 Å². The average Bonchev–Trinajstić information content (AvgIpc) is 2.83. The van der Waals surface area contributed by atoms with E-state index in [2.05, 4.69) is 5.32 Å². The van der Waals surface area contributed by atoms with Gasteiger partial charge in [0.2, 0.25) is 11.8 Å². The maximum Gasteiger partial charge on any atom is 0.231 e. The van der Waals surface area contributed by atoms with Crippen LogP contribution in [0.1, 0.15) is 34.2 Å². The van der Waals surface area contributed by atoms with Gasteiger partial charge in [-0.2, -0.15) is 5.26 Å². The number of nitrogens with zero attached hydrogens (tertiary/aromatic N) is 1. The second kappa shape index (κ2) is 6.79. The van der Waals surface area contributed by atoms with Crippen molar-refractivity contribution in [3.63, 3.8) is 0 Å². The molecule has 0 aliphatic rings. The average molecular weight is 312 g/mol. The highest BCUT2D eigenvalue weighted by molar-refractivity contribution is 6.01. The molecule has 1 aromatic heterocycles. The van der Waals surface area contributed by atoms with E-state index in [-0.39, 0.29) is 35.1 Å². The summed E-state index contributed by atoms with van der Waals surface area (Å²) in [4.78, 5) is 23.7. The lowest BCUT2D eigenvalue weighted by atomic mass is 10.1. The van der Waals surface area contributed by atoms with Crippen LogP contribution in [0.5, 0.6) is 5.75 Å². The number of nitriles is 1. The number of benzene rings is 1. The molecule has 23 heavy (non-hydrogen) atoms. The van der Waals surface area contributed by atoms with Crippen LogP contribution in [0.2, 0.25) is 0 Å². The Hall–Kier alpha value is -3.07. The van der Waals surface area contributed by atoms with E-state index >= 15 is 0 Å². The van der Waals surface area contributed by atoms with Crippen LogP contribution < -0.4 is 10.1 Å². The third-order valence-electron chi connectivity index (χ3n) is 3.32. The van der Waals surface area contributed by atoms with Gasteiger partial charge >= 0.3 is 0 Å². The van der Waals surface area contributed by atoms with Gasteiger partial charge in [0, 0.05) is 0 Å². The van der Waals surface area contributed by atoms with Gasteiger partial charge in [-0.15, -0.1) is 0 Å². The lowest BCUT2D eigenvalue weighted by Gasteiger charge is -2.04. The SMILES string of the molecule is COc1ccc(CC(=O)Nc2oc(C)c(C(C)=O)c2C#N)cc1. The number of hydrogen-bond acceptors (Lipinski definition) is 5. The van der Waals surface area contributed by atoms with E-state index in [4.69, 9.17) is 9.15 Å². The Morgan fingerprint density at radius 3 is 2.48 bits per heavy atom. The van der Waals surface area contributed by atoms with Crippen LogP contribution in [0.3, 0.4) is 0 Å². The van der Waals surface area contributed by atoms with E-state index in [9.17, 15) is 14.9 Å². The number of carbonyl (C=O) groups excluding carboxylic acids is 2. The predicted octanol–water partition coefficient (Wildman–Crippen LogP) is 2.85. The Balaban J connectivity index is 2.15. The molecule has 0 bridgehead atoms. The molecule has 0 saturated heterocycles. The number of methoxy groups -OCH3 is 1. The van der Waals surface area contributed by atoms with E-state index in [1.54, 1.807) is 38.3 Å². The van der Waals surface area contributed by atoms with Crippen LogP contribution in [0, 0.1) is 18.3 Å². The van der Waals surface area contributed by atoms with Gasteiger partial charge in [0.05, 0.1) is 19.1 Å². The number of aryl methyl sites for hydroxylation is 1. The quantitative estimate of drug-likeness (QED) is 0.857. The minimum atomic E-state index is -0.337. The smallest absolute Gasteiger partial charge is 0.231 e. The summed E-state index contributed by atoms with van der Waals surface area (Å²) in [5.74, 6) is 0.408. The van der Waals surface area contributed by atoms with Crippen molar-refractivity contribution >= 4 is 17.6 Å². The van der Waals surface area contributed by atoms with Crippen LogP contribution in [-0.2, 0) is 11.2 Å². The van der Waals surface area contributed by atoms with E-state index in [1.165, 1.54) is 6.92 Å². The largest absolute Gasteiger partial charge is 0.497 e. The molecule has 6 nitrogen and oxygen atoms in total. The van der Waals surface area contributed by atoms with Crippen molar-refractivity contribution in [1.29, 1.82) is 5.26 Å². The number of nitrogens with one attached hydrogen (secondary N) is 1. The fourth-order valence-corrected chi connectivity index (χ4v) is 2.26. The van der Waals surface area contributed by atoms with Crippen molar-refractivity contribution in [2.75, 3.05) is 12.4 Å². The lowest BCUT2D eigenvalue weighted by Crippen LogP contribution is -2.14. The van der Waals surface area contributed by atoms with Gasteiger partial charge in [-0.05, 0) is 31.5 Å². The molecule has 6 heteroatoms. The summed E-state index contributed by atoms with van der Waals surface area (Å²) in [5.41, 5.74) is 1.04. The molecule has 1 amide bonds. The number of ether oxygens (including phenoxy) is 1. The number of anilines is 1. The predicted molar refractivity (Wildman–Crippen MR) is 83.5 cm³/mol. The minimum absolute atomic E-state index is 0.00807. The van der Waals surface area contributed by atoms with Crippen molar-refractivity contribution in [1.82, 2.24) is 0 Å². The van der Waals surface area contributed by atoms with Crippen molar-refractivity contribution < 1.29 is 18.7 Å². The number of rotatable bonds is 5. The molecule has 2 aromatic rings. The Morgan fingerprint density at radius 2 is 1.96 bits per heavy atom. The Kier molecular flexibility index (Phi) is 4.82. The Labute approximate surface area is 133 Å². The third-order valence-corrected chi connectivity index (χ3v) is 3.32. The number of amides is 1. The Bertz CT molecular complexity index is 782. The first kappa shape index (κ1) is 16.3. The summed E-state index contributed by atoms with van der Waals surface area (Å²) >= 11 is 0. The first-order valence-electron chi connectivity index (χ1n) is 6.93. The molecule has 0 fully saturated rings. The van der Waals surface area contributed by atoms with Crippen LogP contribution in [-0.4, -0.2) is 18.8 Å². The summed E-state index contributed by atoms with van der Waals surface area (Å²) in [6.07, 6.45) is 0.115. The number of ketones is 1. The summed E-state index contributed by atoms with van der Waals surface area (Å²) in [5, 5.41) is 11.7. The summed E-state index contributed by atoms with van der Waals surface area (Å²) in [6, 6.07) is 8.97. The van der Waals surface area contributed by atoms with Crippen LogP contribution in [0.15, 0.2) is 28.7 Å². The molecule has 0 aliphatic heterocycles. The molecule has 2 rings (SSSR count). The number of furan rings is 1. The van der Waals surface area contributed by atoms with Gasteiger partial charge in [0.15, 0.2) is 5.78 Å². The molecule has 0 aliphatic carbocycles. The highest BCUT2D eigenvalue weighted by atomic mass is 16.5. The van der Waals surface area contributed by atoms with Gasteiger partial charge in [0.1, 0.15) is 23.1 Å². The number of carbonyl (C=O) groups is 2. The summed E-state index contributed by atoms with van der Waals surface area (Å²) in [7, 11) is 1.57. The molecular weight excluding hydrogens is 296 g/mol. The fourth-order valence-electron chi connectivity index (χ4n) is 2.26. The minimum Gasteiger partial charge on any atom is -0.497 e. The zero-order chi connectivity index (χ0) is 17.0. The zero-order valence-corrected chi connectivity index (χ0v) is 13.1. The van der Waals surface area contributed by atoms with Crippen molar-refractivity contribution in [3.05, 3.63) is 46.7 Å². The first-order chi connectivity index (χ1) is 11.0. The van der Waals surface area contributed by atoms with Gasteiger partial charge in [-0.1, -0.05) is 12.1 Å². The molecule has 0 saturated carbocycles.